The van der Waals surface area contributed by atoms with Crippen LogP contribution >= 0.6 is 34.3 Å². The third kappa shape index (κ3) is 3.18. The quantitative estimate of drug-likeness (QED) is 0.936. The minimum Gasteiger partial charge on any atom is -0.346 e. The summed E-state index contributed by atoms with van der Waals surface area (Å²) in [5.41, 5.74) is 0. The molecule has 1 amide bonds. The van der Waals surface area contributed by atoms with Gasteiger partial charge in [0.1, 0.15) is 9.88 Å². The molecule has 106 valence electrons. The highest BCUT2D eigenvalue weighted by Crippen LogP contribution is 2.27. The number of rotatable bonds is 4. The molecule has 0 bridgehead atoms. The third-order valence-corrected chi connectivity index (χ3v) is 4.87. The number of aromatic nitrogens is 1. The molecule has 0 radical (unpaired) electrons. The van der Waals surface area contributed by atoms with E-state index in [4.69, 9.17) is 21.1 Å². The van der Waals surface area contributed by atoms with Gasteiger partial charge in [0.25, 0.3) is 5.91 Å². The van der Waals surface area contributed by atoms with Gasteiger partial charge in [0.05, 0.1) is 30.3 Å². The Morgan fingerprint density at radius 3 is 2.90 bits per heavy atom. The Labute approximate surface area is 128 Å². The molecule has 1 saturated heterocycles. The van der Waals surface area contributed by atoms with Crippen molar-refractivity contribution in [2.24, 2.45) is 0 Å². The molecule has 0 aliphatic carbocycles. The second-order valence-corrected chi connectivity index (χ2v) is 6.89. The van der Waals surface area contributed by atoms with E-state index in [2.05, 4.69) is 10.3 Å². The van der Waals surface area contributed by atoms with Crippen molar-refractivity contribution in [1.29, 1.82) is 0 Å². The molecule has 0 atom stereocenters. The number of hydrogen-bond donors (Lipinski definition) is 1. The minimum absolute atomic E-state index is 0.156. The van der Waals surface area contributed by atoms with Crippen molar-refractivity contribution in [2.45, 2.75) is 12.8 Å². The van der Waals surface area contributed by atoms with Crippen molar-refractivity contribution in [3.8, 4) is 0 Å². The van der Waals surface area contributed by atoms with E-state index in [1.165, 1.54) is 22.7 Å². The standard InChI is InChI=1S/C12H11ClN2O3S2/c13-9-2-1-7(19-9)5-14-10(16)8-6-15-11(20-8)12-17-3-4-18-12/h1-2,6,12H,3-5H2,(H,14,16). The molecule has 3 heterocycles. The third-order valence-electron chi connectivity index (χ3n) is 2.62. The largest absolute Gasteiger partial charge is 0.346 e. The van der Waals surface area contributed by atoms with Crippen LogP contribution in [0.4, 0.5) is 0 Å². The maximum absolute atomic E-state index is 12.0. The Morgan fingerprint density at radius 2 is 2.20 bits per heavy atom. The van der Waals surface area contributed by atoms with Gasteiger partial charge in [0, 0.05) is 4.88 Å². The summed E-state index contributed by atoms with van der Waals surface area (Å²) in [6.45, 7) is 1.58. The van der Waals surface area contributed by atoms with E-state index in [0.717, 1.165) is 4.88 Å². The smallest absolute Gasteiger partial charge is 0.263 e. The average molecular weight is 331 g/mol. The number of carbonyl (C=O) groups is 1. The number of thiophene rings is 1. The number of carbonyl (C=O) groups excluding carboxylic acids is 1. The van der Waals surface area contributed by atoms with Gasteiger partial charge in [-0.15, -0.1) is 22.7 Å². The fourth-order valence-corrected chi connectivity index (χ4v) is 3.56. The van der Waals surface area contributed by atoms with Crippen LogP contribution in [-0.2, 0) is 16.0 Å². The van der Waals surface area contributed by atoms with E-state index in [0.29, 0.717) is 34.0 Å². The maximum Gasteiger partial charge on any atom is 0.263 e. The van der Waals surface area contributed by atoms with Gasteiger partial charge in [-0.2, -0.15) is 0 Å². The molecule has 2 aromatic rings. The molecule has 8 heteroatoms. The van der Waals surface area contributed by atoms with E-state index in [-0.39, 0.29) is 5.91 Å². The van der Waals surface area contributed by atoms with Gasteiger partial charge < -0.3 is 14.8 Å². The van der Waals surface area contributed by atoms with Crippen molar-refractivity contribution < 1.29 is 14.3 Å². The number of nitrogens with one attached hydrogen (secondary N) is 1. The van der Waals surface area contributed by atoms with Crippen molar-refractivity contribution >= 4 is 40.2 Å². The molecule has 20 heavy (non-hydrogen) atoms. The Morgan fingerprint density at radius 1 is 1.40 bits per heavy atom. The molecule has 1 fully saturated rings. The SMILES string of the molecule is O=C(NCc1ccc(Cl)s1)c1cnc(C2OCCO2)s1. The summed E-state index contributed by atoms with van der Waals surface area (Å²) in [6, 6.07) is 3.71. The first-order chi connectivity index (χ1) is 9.72. The lowest BCUT2D eigenvalue weighted by molar-refractivity contribution is -0.0442. The highest BCUT2D eigenvalue weighted by atomic mass is 35.5. The fourth-order valence-electron chi connectivity index (χ4n) is 1.70. The normalized spacial score (nSPS) is 15.7. The minimum atomic E-state index is -0.433. The summed E-state index contributed by atoms with van der Waals surface area (Å²) in [6.07, 6.45) is 1.11. The predicted molar refractivity (Wildman–Crippen MR) is 77.3 cm³/mol. The summed E-state index contributed by atoms with van der Waals surface area (Å²) in [7, 11) is 0. The van der Waals surface area contributed by atoms with Crippen LogP contribution in [0.15, 0.2) is 18.3 Å². The van der Waals surface area contributed by atoms with E-state index < -0.39 is 6.29 Å². The molecule has 0 aromatic carbocycles. The molecule has 1 N–H and O–H groups in total. The van der Waals surface area contributed by atoms with E-state index >= 15 is 0 Å². The molecule has 2 aromatic heterocycles. The van der Waals surface area contributed by atoms with Gasteiger partial charge in [-0.25, -0.2) is 4.98 Å². The molecule has 1 aliphatic rings. The second-order valence-electron chi connectivity index (χ2n) is 4.02. The maximum atomic E-state index is 12.0. The van der Waals surface area contributed by atoms with Gasteiger partial charge in [-0.1, -0.05) is 11.6 Å². The van der Waals surface area contributed by atoms with Crippen LogP contribution < -0.4 is 5.32 Å². The van der Waals surface area contributed by atoms with Crippen molar-refractivity contribution in [1.82, 2.24) is 10.3 Å². The highest BCUT2D eigenvalue weighted by molar-refractivity contribution is 7.16. The van der Waals surface area contributed by atoms with Gasteiger partial charge in [0.15, 0.2) is 0 Å². The number of halogens is 1. The van der Waals surface area contributed by atoms with Crippen LogP contribution in [0.25, 0.3) is 0 Å². The number of amides is 1. The lowest BCUT2D eigenvalue weighted by Gasteiger charge is -2.03. The molecule has 1 aliphatic heterocycles. The zero-order chi connectivity index (χ0) is 13.9. The summed E-state index contributed by atoms with van der Waals surface area (Å²) in [4.78, 5) is 17.7. The molecule has 5 nitrogen and oxygen atoms in total. The van der Waals surface area contributed by atoms with E-state index in [1.807, 2.05) is 12.1 Å². The average Bonchev–Trinajstić information content (AvgIpc) is 3.16. The Balaban J connectivity index is 1.59. The molecular formula is C12H11ClN2O3S2. The zero-order valence-corrected chi connectivity index (χ0v) is 12.7. The summed E-state index contributed by atoms with van der Waals surface area (Å²) in [5, 5.41) is 3.51. The van der Waals surface area contributed by atoms with Gasteiger partial charge in [0.2, 0.25) is 6.29 Å². The van der Waals surface area contributed by atoms with Crippen LogP contribution in [0.5, 0.6) is 0 Å². The number of hydrogen-bond acceptors (Lipinski definition) is 6. The van der Waals surface area contributed by atoms with Crippen molar-refractivity contribution in [3.05, 3.63) is 37.4 Å². The summed E-state index contributed by atoms with van der Waals surface area (Å²) < 4.78 is 11.4. The first kappa shape index (κ1) is 14.0. The Hall–Kier alpha value is -0.990. The number of nitrogens with zero attached hydrogens (tertiary/aromatic N) is 1. The van der Waals surface area contributed by atoms with Crippen LogP contribution in [0.1, 0.15) is 25.8 Å². The number of ether oxygens (including phenoxy) is 2. The van der Waals surface area contributed by atoms with Crippen LogP contribution in [0.2, 0.25) is 4.34 Å². The number of thiazole rings is 1. The van der Waals surface area contributed by atoms with Gasteiger partial charge in [-0.3, -0.25) is 4.79 Å². The molecule has 0 unspecified atom stereocenters. The lowest BCUT2D eigenvalue weighted by Crippen LogP contribution is -2.21. The molecule has 0 spiro atoms. The van der Waals surface area contributed by atoms with Crippen molar-refractivity contribution in [3.63, 3.8) is 0 Å². The monoisotopic (exact) mass is 330 g/mol. The topological polar surface area (TPSA) is 60.5 Å². The Kier molecular flexibility index (Phi) is 4.32. The van der Waals surface area contributed by atoms with E-state index in [9.17, 15) is 4.79 Å². The zero-order valence-electron chi connectivity index (χ0n) is 10.3. The predicted octanol–water partition coefficient (Wildman–Crippen LogP) is 2.83. The van der Waals surface area contributed by atoms with Crippen molar-refractivity contribution in [2.75, 3.05) is 13.2 Å². The lowest BCUT2D eigenvalue weighted by atomic mass is 10.4. The molecular weight excluding hydrogens is 320 g/mol. The first-order valence-electron chi connectivity index (χ1n) is 5.94. The highest BCUT2D eigenvalue weighted by Gasteiger charge is 2.23. The van der Waals surface area contributed by atoms with Crippen LogP contribution in [0.3, 0.4) is 0 Å². The fraction of sp³-hybridized carbons (Fsp3) is 0.333. The van der Waals surface area contributed by atoms with Gasteiger partial charge >= 0.3 is 0 Å². The first-order valence-corrected chi connectivity index (χ1v) is 7.95. The summed E-state index contributed by atoms with van der Waals surface area (Å²) >= 11 is 8.57. The van der Waals surface area contributed by atoms with E-state index in [1.54, 1.807) is 6.20 Å². The Bertz CT molecular complexity index is 607. The molecule has 3 rings (SSSR count). The second kappa shape index (κ2) is 6.19. The molecule has 0 saturated carbocycles. The van der Waals surface area contributed by atoms with Gasteiger partial charge in [-0.05, 0) is 12.1 Å². The summed E-state index contributed by atoms with van der Waals surface area (Å²) in [5.74, 6) is -0.156. The van der Waals surface area contributed by atoms with Crippen LogP contribution in [0, 0.1) is 0 Å². The van der Waals surface area contributed by atoms with Crippen LogP contribution in [-0.4, -0.2) is 24.1 Å².